The summed E-state index contributed by atoms with van der Waals surface area (Å²) in [7, 11) is 0. The standard InChI is InChI=1S/C12H8F3NO3/c13-12(14,15)19-10-6-2-1-4-8(10)16-7-3-5-9(16)11(17)18/h1-7H,(H,17,18). The van der Waals surface area contributed by atoms with Crippen molar-refractivity contribution in [2.24, 2.45) is 0 Å². The average molecular weight is 271 g/mol. The Hall–Kier alpha value is -2.44. The minimum Gasteiger partial charge on any atom is -0.477 e. The number of carbonyl (C=O) groups is 1. The first-order valence-corrected chi connectivity index (χ1v) is 5.14. The van der Waals surface area contributed by atoms with Crippen LogP contribution in [0.15, 0.2) is 42.6 Å². The van der Waals surface area contributed by atoms with Gasteiger partial charge >= 0.3 is 12.3 Å². The minimum absolute atomic E-state index is 0.00206. The first kappa shape index (κ1) is 13.0. The molecule has 0 bridgehead atoms. The van der Waals surface area contributed by atoms with Crippen LogP contribution in [0.25, 0.3) is 5.69 Å². The average Bonchev–Trinajstić information content (AvgIpc) is 2.76. The van der Waals surface area contributed by atoms with Gasteiger partial charge < -0.3 is 14.4 Å². The predicted molar refractivity (Wildman–Crippen MR) is 59.4 cm³/mol. The Morgan fingerprint density at radius 2 is 1.84 bits per heavy atom. The van der Waals surface area contributed by atoms with E-state index in [1.807, 2.05) is 0 Å². The molecular formula is C12H8F3NO3. The van der Waals surface area contributed by atoms with Gasteiger partial charge in [0.15, 0.2) is 5.75 Å². The Balaban J connectivity index is 2.50. The molecule has 4 nitrogen and oxygen atoms in total. The maximum absolute atomic E-state index is 12.3. The van der Waals surface area contributed by atoms with E-state index in [0.717, 1.165) is 10.6 Å². The van der Waals surface area contributed by atoms with Gasteiger partial charge in [-0.15, -0.1) is 13.2 Å². The molecule has 1 N–H and O–H groups in total. The van der Waals surface area contributed by atoms with Crippen molar-refractivity contribution in [2.45, 2.75) is 6.36 Å². The van der Waals surface area contributed by atoms with E-state index in [9.17, 15) is 18.0 Å². The molecule has 0 aliphatic rings. The van der Waals surface area contributed by atoms with E-state index in [1.54, 1.807) is 0 Å². The van der Waals surface area contributed by atoms with Crippen molar-refractivity contribution in [3.63, 3.8) is 0 Å². The van der Waals surface area contributed by atoms with Crippen LogP contribution in [0.2, 0.25) is 0 Å². The quantitative estimate of drug-likeness (QED) is 0.933. The van der Waals surface area contributed by atoms with Crippen molar-refractivity contribution in [3.05, 3.63) is 48.3 Å². The number of hydrogen-bond donors (Lipinski definition) is 1. The zero-order valence-electron chi connectivity index (χ0n) is 9.39. The zero-order valence-corrected chi connectivity index (χ0v) is 9.39. The monoisotopic (exact) mass is 271 g/mol. The summed E-state index contributed by atoms with van der Waals surface area (Å²) >= 11 is 0. The molecular weight excluding hydrogens is 263 g/mol. The molecule has 2 rings (SSSR count). The lowest BCUT2D eigenvalue weighted by atomic mass is 10.3. The molecule has 100 valence electrons. The Kier molecular flexibility index (Phi) is 3.20. The second kappa shape index (κ2) is 4.68. The van der Waals surface area contributed by atoms with Gasteiger partial charge in [0.2, 0.25) is 0 Å². The molecule has 1 aromatic heterocycles. The van der Waals surface area contributed by atoms with Crippen molar-refractivity contribution in [2.75, 3.05) is 0 Å². The van der Waals surface area contributed by atoms with Gasteiger partial charge in [0.1, 0.15) is 5.69 Å². The number of alkyl halides is 3. The van der Waals surface area contributed by atoms with E-state index in [0.29, 0.717) is 0 Å². The van der Waals surface area contributed by atoms with Crippen LogP contribution in [-0.2, 0) is 0 Å². The molecule has 0 aliphatic heterocycles. The van der Waals surface area contributed by atoms with Crippen LogP contribution in [0, 0.1) is 0 Å². The third-order valence-electron chi connectivity index (χ3n) is 2.32. The summed E-state index contributed by atoms with van der Waals surface area (Å²) < 4.78 is 41.8. The van der Waals surface area contributed by atoms with Crippen LogP contribution in [0.5, 0.6) is 5.75 Å². The summed E-state index contributed by atoms with van der Waals surface area (Å²) in [5.41, 5.74) is -0.152. The number of halogens is 3. The predicted octanol–water partition coefficient (Wildman–Crippen LogP) is 3.07. The fourth-order valence-electron chi connectivity index (χ4n) is 1.63. The van der Waals surface area contributed by atoms with E-state index < -0.39 is 18.1 Å². The Labute approximate surface area is 105 Å². The number of ether oxygens (including phenoxy) is 1. The van der Waals surface area contributed by atoms with Gasteiger partial charge in [-0.05, 0) is 24.3 Å². The Morgan fingerprint density at radius 3 is 2.47 bits per heavy atom. The SMILES string of the molecule is O=C(O)c1cccn1-c1ccccc1OC(F)(F)F. The van der Waals surface area contributed by atoms with Crippen LogP contribution in [-0.4, -0.2) is 22.0 Å². The van der Waals surface area contributed by atoms with Crippen molar-refractivity contribution < 1.29 is 27.8 Å². The molecule has 0 saturated carbocycles. The minimum atomic E-state index is -4.84. The van der Waals surface area contributed by atoms with E-state index in [2.05, 4.69) is 4.74 Å². The van der Waals surface area contributed by atoms with E-state index in [1.165, 1.54) is 36.5 Å². The molecule has 0 fully saturated rings. The summed E-state index contributed by atoms with van der Waals surface area (Å²) in [5.74, 6) is -1.71. The number of rotatable bonds is 3. The molecule has 0 aliphatic carbocycles. The topological polar surface area (TPSA) is 51.5 Å². The number of nitrogens with zero attached hydrogens (tertiary/aromatic N) is 1. The second-order valence-corrected chi connectivity index (χ2v) is 3.58. The molecule has 0 unspecified atom stereocenters. The van der Waals surface area contributed by atoms with E-state index >= 15 is 0 Å². The number of carboxylic acids is 1. The molecule has 1 heterocycles. The Morgan fingerprint density at radius 1 is 1.16 bits per heavy atom. The molecule has 7 heteroatoms. The number of carboxylic acid groups (broad SMARTS) is 1. The number of aromatic nitrogens is 1. The van der Waals surface area contributed by atoms with E-state index in [-0.39, 0.29) is 11.4 Å². The van der Waals surface area contributed by atoms with Crippen LogP contribution < -0.4 is 4.74 Å². The van der Waals surface area contributed by atoms with Crippen molar-refractivity contribution in [3.8, 4) is 11.4 Å². The summed E-state index contributed by atoms with van der Waals surface area (Å²) in [4.78, 5) is 11.0. The van der Waals surface area contributed by atoms with Gasteiger partial charge in [-0.2, -0.15) is 0 Å². The van der Waals surface area contributed by atoms with Crippen LogP contribution in [0.3, 0.4) is 0 Å². The van der Waals surface area contributed by atoms with Gasteiger partial charge in [0.25, 0.3) is 0 Å². The van der Waals surface area contributed by atoms with Gasteiger partial charge in [-0.25, -0.2) is 4.79 Å². The molecule has 0 atom stereocenters. The van der Waals surface area contributed by atoms with Gasteiger partial charge in [-0.3, -0.25) is 0 Å². The van der Waals surface area contributed by atoms with Crippen molar-refractivity contribution in [1.82, 2.24) is 4.57 Å². The molecule has 1 aromatic carbocycles. The largest absolute Gasteiger partial charge is 0.573 e. The van der Waals surface area contributed by atoms with Gasteiger partial charge in [0.05, 0.1) is 5.69 Å². The highest BCUT2D eigenvalue weighted by molar-refractivity contribution is 5.86. The lowest BCUT2D eigenvalue weighted by molar-refractivity contribution is -0.274. The van der Waals surface area contributed by atoms with Crippen LogP contribution in [0.1, 0.15) is 10.5 Å². The first-order chi connectivity index (χ1) is 8.88. The number of aromatic carboxylic acids is 1. The second-order valence-electron chi connectivity index (χ2n) is 3.58. The lowest BCUT2D eigenvalue weighted by Gasteiger charge is -2.14. The third kappa shape index (κ3) is 2.87. The normalized spacial score (nSPS) is 11.3. The van der Waals surface area contributed by atoms with Crippen LogP contribution >= 0.6 is 0 Å². The molecule has 0 radical (unpaired) electrons. The smallest absolute Gasteiger partial charge is 0.477 e. The van der Waals surface area contributed by atoms with Crippen molar-refractivity contribution >= 4 is 5.97 Å². The fraction of sp³-hybridized carbons (Fsp3) is 0.0833. The summed E-state index contributed by atoms with van der Waals surface area (Å²) in [6.07, 6.45) is -3.49. The highest BCUT2D eigenvalue weighted by Crippen LogP contribution is 2.29. The number of benzene rings is 1. The molecule has 0 spiro atoms. The first-order valence-electron chi connectivity index (χ1n) is 5.14. The summed E-state index contributed by atoms with van der Waals surface area (Å²) in [6.45, 7) is 0. The third-order valence-corrected chi connectivity index (χ3v) is 2.32. The van der Waals surface area contributed by atoms with Gasteiger partial charge in [-0.1, -0.05) is 12.1 Å². The van der Waals surface area contributed by atoms with Gasteiger partial charge in [0, 0.05) is 6.20 Å². The molecule has 0 saturated heterocycles. The Bertz CT molecular complexity index is 604. The summed E-state index contributed by atoms with van der Waals surface area (Å²) in [6, 6.07) is 8.03. The lowest BCUT2D eigenvalue weighted by Crippen LogP contribution is -2.18. The summed E-state index contributed by atoms with van der Waals surface area (Å²) in [5, 5.41) is 8.96. The fourth-order valence-corrected chi connectivity index (χ4v) is 1.63. The number of para-hydroxylation sites is 2. The highest BCUT2D eigenvalue weighted by Gasteiger charge is 2.32. The van der Waals surface area contributed by atoms with Crippen LogP contribution in [0.4, 0.5) is 13.2 Å². The number of hydrogen-bond acceptors (Lipinski definition) is 2. The molecule has 2 aromatic rings. The zero-order chi connectivity index (χ0) is 14.0. The maximum atomic E-state index is 12.3. The maximum Gasteiger partial charge on any atom is 0.573 e. The highest BCUT2D eigenvalue weighted by atomic mass is 19.4. The molecule has 0 amide bonds. The van der Waals surface area contributed by atoms with E-state index in [4.69, 9.17) is 5.11 Å². The molecule has 19 heavy (non-hydrogen) atoms. The van der Waals surface area contributed by atoms with Crippen molar-refractivity contribution in [1.29, 1.82) is 0 Å².